The second kappa shape index (κ2) is 8.40. The number of para-hydroxylation sites is 2. The Bertz CT molecular complexity index is 757. The highest BCUT2D eigenvalue weighted by Gasteiger charge is 2.15. The van der Waals surface area contributed by atoms with Crippen LogP contribution in [0.1, 0.15) is 19.5 Å². The van der Waals surface area contributed by atoms with Gasteiger partial charge in [0.15, 0.2) is 0 Å². The van der Waals surface area contributed by atoms with Crippen molar-refractivity contribution in [3.05, 3.63) is 46.4 Å². The summed E-state index contributed by atoms with van der Waals surface area (Å²) in [6.07, 6.45) is 0. The predicted octanol–water partition coefficient (Wildman–Crippen LogP) is 2.99. The molecule has 2 aromatic rings. The molecule has 3 rings (SSSR count). The van der Waals surface area contributed by atoms with Crippen LogP contribution in [0.15, 0.2) is 35.1 Å². The summed E-state index contributed by atoms with van der Waals surface area (Å²) >= 11 is 1.77. The molecule has 1 aromatic heterocycles. The van der Waals surface area contributed by atoms with Crippen LogP contribution in [0.2, 0.25) is 0 Å². The van der Waals surface area contributed by atoms with E-state index in [0.717, 1.165) is 49.1 Å². The highest BCUT2D eigenvalue weighted by Crippen LogP contribution is 2.28. The molecule has 134 valence electrons. The number of rotatable bonds is 6. The van der Waals surface area contributed by atoms with Crippen molar-refractivity contribution in [2.45, 2.75) is 24.9 Å². The molecule has 0 aliphatic carbocycles. The Morgan fingerprint density at radius 2 is 2.08 bits per heavy atom. The highest BCUT2D eigenvalue weighted by atomic mass is 32.2. The summed E-state index contributed by atoms with van der Waals surface area (Å²) in [4.78, 5) is 21.6. The summed E-state index contributed by atoms with van der Waals surface area (Å²) in [6, 6.07) is 9.63. The zero-order valence-corrected chi connectivity index (χ0v) is 15.4. The smallest absolute Gasteiger partial charge is 0.252 e. The van der Waals surface area contributed by atoms with E-state index in [4.69, 9.17) is 4.74 Å². The summed E-state index contributed by atoms with van der Waals surface area (Å²) in [6.45, 7) is 7.43. The van der Waals surface area contributed by atoms with Crippen LogP contribution >= 0.6 is 11.8 Å². The van der Waals surface area contributed by atoms with Crippen molar-refractivity contribution in [1.82, 2.24) is 9.97 Å². The van der Waals surface area contributed by atoms with Crippen LogP contribution in [0, 0.1) is 0 Å². The summed E-state index contributed by atoms with van der Waals surface area (Å²) in [5.74, 6) is 1.20. The third-order valence-electron chi connectivity index (χ3n) is 3.87. The lowest BCUT2D eigenvalue weighted by molar-refractivity contribution is 0.123. The van der Waals surface area contributed by atoms with Gasteiger partial charge in [-0.2, -0.15) is 11.8 Å². The van der Waals surface area contributed by atoms with E-state index in [1.807, 2.05) is 18.2 Å². The standard InChI is InChI=1S/C18H24N4O2S/c1-13(2)25-12-14-11-17(23)21-18(19-14)20-15-5-3-4-6-16(15)22-7-9-24-10-8-22/h3-6,11,13H,7-10,12H2,1-2H3,(H2,19,20,21,23). The second-order valence-corrected chi connectivity index (χ2v) is 7.75. The molecule has 1 aliphatic rings. The molecule has 25 heavy (non-hydrogen) atoms. The van der Waals surface area contributed by atoms with Gasteiger partial charge in [-0.25, -0.2) is 4.98 Å². The molecule has 0 radical (unpaired) electrons. The minimum absolute atomic E-state index is 0.138. The van der Waals surface area contributed by atoms with Crippen molar-refractivity contribution in [2.24, 2.45) is 0 Å². The molecular weight excluding hydrogens is 336 g/mol. The predicted molar refractivity (Wildman–Crippen MR) is 104 cm³/mol. The molecule has 0 bridgehead atoms. The van der Waals surface area contributed by atoms with Gasteiger partial charge in [0.1, 0.15) is 0 Å². The summed E-state index contributed by atoms with van der Waals surface area (Å²) in [7, 11) is 0. The minimum Gasteiger partial charge on any atom is -0.378 e. The maximum Gasteiger partial charge on any atom is 0.252 e. The SMILES string of the molecule is CC(C)SCc1cc(=O)[nH]c(Nc2ccccc2N2CCOCC2)n1. The molecule has 2 N–H and O–H groups in total. The Balaban J connectivity index is 1.81. The summed E-state index contributed by atoms with van der Waals surface area (Å²) in [5, 5.41) is 3.78. The first-order valence-electron chi connectivity index (χ1n) is 8.52. The van der Waals surface area contributed by atoms with Crippen LogP contribution in [0.4, 0.5) is 17.3 Å². The zero-order chi connectivity index (χ0) is 17.6. The van der Waals surface area contributed by atoms with Crippen LogP contribution in [0.25, 0.3) is 0 Å². The van der Waals surface area contributed by atoms with Crippen molar-refractivity contribution in [2.75, 3.05) is 36.5 Å². The molecule has 1 aliphatic heterocycles. The first-order chi connectivity index (χ1) is 12.1. The van der Waals surface area contributed by atoms with Gasteiger partial charge >= 0.3 is 0 Å². The number of aromatic amines is 1. The fraction of sp³-hybridized carbons (Fsp3) is 0.444. The Morgan fingerprint density at radius 3 is 2.84 bits per heavy atom. The number of ether oxygens (including phenoxy) is 1. The Labute approximate surface area is 152 Å². The van der Waals surface area contributed by atoms with E-state index in [-0.39, 0.29) is 5.56 Å². The van der Waals surface area contributed by atoms with E-state index >= 15 is 0 Å². The molecule has 6 nitrogen and oxygen atoms in total. The minimum atomic E-state index is -0.138. The van der Waals surface area contributed by atoms with Crippen LogP contribution < -0.4 is 15.8 Å². The number of nitrogens with one attached hydrogen (secondary N) is 2. The van der Waals surface area contributed by atoms with Crippen molar-refractivity contribution in [3.63, 3.8) is 0 Å². The van der Waals surface area contributed by atoms with Gasteiger partial charge < -0.3 is 15.0 Å². The molecular formula is C18H24N4O2S. The van der Waals surface area contributed by atoms with Gasteiger partial charge in [0, 0.05) is 24.9 Å². The first-order valence-corrected chi connectivity index (χ1v) is 9.57. The maximum atomic E-state index is 12.0. The van der Waals surface area contributed by atoms with Gasteiger partial charge in [0.25, 0.3) is 5.56 Å². The number of hydrogen-bond donors (Lipinski definition) is 2. The zero-order valence-electron chi connectivity index (χ0n) is 14.6. The third kappa shape index (κ3) is 4.99. The Kier molecular flexibility index (Phi) is 5.99. The van der Waals surface area contributed by atoms with E-state index in [2.05, 4.69) is 40.1 Å². The average molecular weight is 360 g/mol. The Morgan fingerprint density at radius 1 is 1.32 bits per heavy atom. The van der Waals surface area contributed by atoms with E-state index in [0.29, 0.717) is 11.2 Å². The molecule has 1 saturated heterocycles. The number of nitrogens with zero attached hydrogens (tertiary/aromatic N) is 2. The molecule has 2 heterocycles. The van der Waals surface area contributed by atoms with Crippen molar-refractivity contribution < 1.29 is 4.74 Å². The van der Waals surface area contributed by atoms with Crippen LogP contribution in [0.5, 0.6) is 0 Å². The monoisotopic (exact) mass is 360 g/mol. The molecule has 0 atom stereocenters. The quantitative estimate of drug-likeness (QED) is 0.825. The molecule has 7 heteroatoms. The topological polar surface area (TPSA) is 70.2 Å². The van der Waals surface area contributed by atoms with Crippen LogP contribution in [-0.2, 0) is 10.5 Å². The number of anilines is 3. The second-order valence-electron chi connectivity index (χ2n) is 6.19. The molecule has 0 unspecified atom stereocenters. The number of thioether (sulfide) groups is 1. The van der Waals surface area contributed by atoms with E-state index in [1.165, 1.54) is 0 Å². The fourth-order valence-electron chi connectivity index (χ4n) is 2.68. The normalized spacial score (nSPS) is 14.8. The largest absolute Gasteiger partial charge is 0.378 e. The molecule has 0 amide bonds. The van der Waals surface area contributed by atoms with Crippen molar-refractivity contribution in [3.8, 4) is 0 Å². The lowest BCUT2D eigenvalue weighted by Gasteiger charge is -2.30. The average Bonchev–Trinajstić information content (AvgIpc) is 2.61. The molecule has 1 fully saturated rings. The lowest BCUT2D eigenvalue weighted by Crippen LogP contribution is -2.36. The van der Waals surface area contributed by atoms with Crippen LogP contribution in [0.3, 0.4) is 0 Å². The van der Waals surface area contributed by atoms with Gasteiger partial charge in [-0.05, 0) is 17.4 Å². The first kappa shape index (κ1) is 17.8. The van der Waals surface area contributed by atoms with Gasteiger partial charge in [-0.15, -0.1) is 0 Å². The Hall–Kier alpha value is -1.99. The van der Waals surface area contributed by atoms with E-state index in [9.17, 15) is 4.79 Å². The molecule has 1 aromatic carbocycles. The number of aromatic nitrogens is 2. The van der Waals surface area contributed by atoms with Gasteiger partial charge in [-0.3, -0.25) is 9.78 Å². The van der Waals surface area contributed by atoms with E-state index in [1.54, 1.807) is 17.8 Å². The number of benzene rings is 1. The van der Waals surface area contributed by atoms with Crippen molar-refractivity contribution >= 4 is 29.1 Å². The fourth-order valence-corrected chi connectivity index (χ4v) is 3.33. The maximum absolute atomic E-state index is 12.0. The highest BCUT2D eigenvalue weighted by molar-refractivity contribution is 7.99. The summed E-state index contributed by atoms with van der Waals surface area (Å²) in [5.41, 5.74) is 2.67. The van der Waals surface area contributed by atoms with Crippen molar-refractivity contribution in [1.29, 1.82) is 0 Å². The third-order valence-corrected chi connectivity index (χ3v) is 5.00. The van der Waals surface area contributed by atoms with Crippen LogP contribution in [-0.4, -0.2) is 41.5 Å². The number of H-pyrrole nitrogens is 1. The number of morpholine rings is 1. The van der Waals surface area contributed by atoms with Gasteiger partial charge in [0.05, 0.1) is 30.3 Å². The molecule has 0 spiro atoms. The molecule has 0 saturated carbocycles. The van der Waals surface area contributed by atoms with Gasteiger partial charge in [0.2, 0.25) is 5.95 Å². The number of hydrogen-bond acceptors (Lipinski definition) is 6. The van der Waals surface area contributed by atoms with Gasteiger partial charge in [-0.1, -0.05) is 26.0 Å². The summed E-state index contributed by atoms with van der Waals surface area (Å²) < 4.78 is 5.43. The van der Waals surface area contributed by atoms with E-state index < -0.39 is 0 Å². The lowest BCUT2D eigenvalue weighted by atomic mass is 10.2.